The van der Waals surface area contributed by atoms with E-state index in [4.69, 9.17) is 0 Å². The monoisotopic (exact) mass is 253 g/mol. The molecular formula is C12H15NOS2. The zero-order valence-corrected chi connectivity index (χ0v) is 10.7. The highest BCUT2D eigenvalue weighted by Gasteiger charge is 2.16. The maximum Gasteiger partial charge on any atom is 0.251 e. The third-order valence-electron chi connectivity index (χ3n) is 2.63. The number of carbonyl (C=O) groups excluding carboxylic acids is 1. The van der Waals surface area contributed by atoms with Crippen LogP contribution >= 0.6 is 24.4 Å². The molecule has 0 aromatic heterocycles. The standard InChI is InChI=1S/C12H15NOS2/c14-12(9-3-5-11(15)6-4-9)13-10-2-1-7-16-8-10/h3-6,10,15H,1-2,7-8H2,(H,13,14). The van der Waals surface area contributed by atoms with E-state index in [2.05, 4.69) is 17.9 Å². The fourth-order valence-corrected chi connectivity index (χ4v) is 2.96. The van der Waals surface area contributed by atoms with Crippen LogP contribution in [0.1, 0.15) is 23.2 Å². The summed E-state index contributed by atoms with van der Waals surface area (Å²) in [4.78, 5) is 12.8. The van der Waals surface area contributed by atoms with E-state index in [1.54, 1.807) is 0 Å². The Labute approximate surface area is 106 Å². The van der Waals surface area contributed by atoms with Gasteiger partial charge in [-0.2, -0.15) is 11.8 Å². The van der Waals surface area contributed by atoms with Crippen molar-refractivity contribution in [1.82, 2.24) is 5.32 Å². The van der Waals surface area contributed by atoms with Crippen LogP contribution < -0.4 is 5.32 Å². The zero-order valence-electron chi connectivity index (χ0n) is 8.98. The maximum absolute atomic E-state index is 11.9. The number of thioether (sulfide) groups is 1. The third kappa shape index (κ3) is 3.19. The Morgan fingerprint density at radius 1 is 1.38 bits per heavy atom. The van der Waals surface area contributed by atoms with Crippen molar-refractivity contribution >= 4 is 30.3 Å². The highest BCUT2D eigenvalue weighted by atomic mass is 32.2. The fraction of sp³-hybridized carbons (Fsp3) is 0.417. The van der Waals surface area contributed by atoms with Crippen LogP contribution in [0.2, 0.25) is 0 Å². The molecule has 1 amide bonds. The number of benzene rings is 1. The van der Waals surface area contributed by atoms with Gasteiger partial charge < -0.3 is 5.32 Å². The van der Waals surface area contributed by atoms with Gasteiger partial charge in [-0.15, -0.1) is 12.6 Å². The Morgan fingerprint density at radius 3 is 2.75 bits per heavy atom. The van der Waals surface area contributed by atoms with Crippen molar-refractivity contribution in [2.45, 2.75) is 23.8 Å². The van der Waals surface area contributed by atoms with Gasteiger partial charge in [-0.25, -0.2) is 0 Å². The molecule has 1 aliphatic heterocycles. The molecular weight excluding hydrogens is 238 g/mol. The molecule has 86 valence electrons. The van der Waals surface area contributed by atoms with Gasteiger partial charge in [0, 0.05) is 22.3 Å². The molecule has 0 radical (unpaired) electrons. The van der Waals surface area contributed by atoms with Crippen molar-refractivity contribution in [3.63, 3.8) is 0 Å². The molecule has 4 heteroatoms. The highest BCUT2D eigenvalue weighted by molar-refractivity contribution is 7.99. The average molecular weight is 253 g/mol. The number of hydrogen-bond acceptors (Lipinski definition) is 3. The first-order valence-corrected chi connectivity index (χ1v) is 7.03. The molecule has 1 heterocycles. The van der Waals surface area contributed by atoms with Crippen LogP contribution in [0, 0.1) is 0 Å². The Morgan fingerprint density at radius 2 is 2.12 bits per heavy atom. The van der Waals surface area contributed by atoms with Crippen molar-refractivity contribution < 1.29 is 4.79 Å². The Bertz CT molecular complexity index is 358. The van der Waals surface area contributed by atoms with Crippen molar-refractivity contribution in [1.29, 1.82) is 0 Å². The minimum atomic E-state index is 0.0285. The molecule has 2 nitrogen and oxygen atoms in total. The van der Waals surface area contributed by atoms with Gasteiger partial charge in [0.2, 0.25) is 0 Å². The predicted molar refractivity (Wildman–Crippen MR) is 71.5 cm³/mol. The van der Waals surface area contributed by atoms with Crippen molar-refractivity contribution in [3.05, 3.63) is 29.8 Å². The first-order valence-electron chi connectivity index (χ1n) is 5.43. The number of rotatable bonds is 2. The van der Waals surface area contributed by atoms with E-state index in [-0.39, 0.29) is 5.91 Å². The first-order chi connectivity index (χ1) is 7.75. The van der Waals surface area contributed by atoms with E-state index in [9.17, 15) is 4.79 Å². The largest absolute Gasteiger partial charge is 0.348 e. The van der Waals surface area contributed by atoms with Gasteiger partial charge >= 0.3 is 0 Å². The predicted octanol–water partition coefficient (Wildman–Crippen LogP) is 2.60. The summed E-state index contributed by atoms with van der Waals surface area (Å²) < 4.78 is 0. The van der Waals surface area contributed by atoms with Crippen LogP contribution in [0.15, 0.2) is 29.2 Å². The molecule has 16 heavy (non-hydrogen) atoms. The van der Waals surface area contributed by atoms with Crippen LogP contribution in [0.25, 0.3) is 0 Å². The molecule has 1 fully saturated rings. The molecule has 1 aromatic carbocycles. The van der Waals surface area contributed by atoms with Gasteiger partial charge in [0.05, 0.1) is 0 Å². The van der Waals surface area contributed by atoms with Crippen LogP contribution in [0.3, 0.4) is 0 Å². The summed E-state index contributed by atoms with van der Waals surface area (Å²) in [5, 5.41) is 3.07. The zero-order chi connectivity index (χ0) is 11.4. The first kappa shape index (κ1) is 11.9. The van der Waals surface area contributed by atoms with Gasteiger partial charge in [0.25, 0.3) is 5.91 Å². The van der Waals surface area contributed by atoms with Crippen LogP contribution in [0.5, 0.6) is 0 Å². The summed E-state index contributed by atoms with van der Waals surface area (Å²) in [6, 6.07) is 7.64. The van der Waals surface area contributed by atoms with E-state index in [1.165, 1.54) is 12.2 Å². The van der Waals surface area contributed by atoms with Crippen LogP contribution in [-0.2, 0) is 0 Å². The number of amides is 1. The molecule has 0 aliphatic carbocycles. The summed E-state index contributed by atoms with van der Waals surface area (Å²) in [7, 11) is 0. The minimum absolute atomic E-state index is 0.0285. The third-order valence-corrected chi connectivity index (χ3v) is 4.14. The lowest BCUT2D eigenvalue weighted by atomic mass is 10.1. The Balaban J connectivity index is 1.94. The number of nitrogens with one attached hydrogen (secondary N) is 1. The lowest BCUT2D eigenvalue weighted by Gasteiger charge is -2.22. The highest BCUT2D eigenvalue weighted by Crippen LogP contribution is 2.17. The molecule has 1 unspecified atom stereocenters. The molecule has 0 saturated carbocycles. The summed E-state index contributed by atoms with van der Waals surface area (Å²) >= 11 is 6.11. The summed E-state index contributed by atoms with van der Waals surface area (Å²) in [6.07, 6.45) is 2.30. The lowest BCUT2D eigenvalue weighted by molar-refractivity contribution is 0.0938. The van der Waals surface area contributed by atoms with Crippen LogP contribution in [0.4, 0.5) is 0 Å². The van der Waals surface area contributed by atoms with E-state index < -0.39 is 0 Å². The molecule has 1 aliphatic rings. The van der Waals surface area contributed by atoms with Gasteiger partial charge in [-0.05, 0) is 42.9 Å². The number of hydrogen-bond donors (Lipinski definition) is 2. The Kier molecular flexibility index (Phi) is 4.18. The number of carbonyl (C=O) groups is 1. The van der Waals surface area contributed by atoms with E-state index in [0.29, 0.717) is 11.6 Å². The SMILES string of the molecule is O=C(NC1CCCSC1)c1ccc(S)cc1. The topological polar surface area (TPSA) is 29.1 Å². The molecule has 1 N–H and O–H groups in total. The minimum Gasteiger partial charge on any atom is -0.348 e. The van der Waals surface area contributed by atoms with Gasteiger partial charge in [-0.3, -0.25) is 4.79 Å². The lowest BCUT2D eigenvalue weighted by Crippen LogP contribution is -2.38. The molecule has 2 rings (SSSR count). The Hall–Kier alpha value is -0.610. The molecule has 0 bridgehead atoms. The van der Waals surface area contributed by atoms with E-state index in [1.807, 2.05) is 36.0 Å². The van der Waals surface area contributed by atoms with Gasteiger partial charge in [0.15, 0.2) is 0 Å². The van der Waals surface area contributed by atoms with E-state index in [0.717, 1.165) is 17.1 Å². The second-order valence-corrected chi connectivity index (χ2v) is 5.60. The second kappa shape index (κ2) is 5.64. The fourth-order valence-electron chi connectivity index (χ4n) is 1.74. The summed E-state index contributed by atoms with van der Waals surface area (Å²) in [6.45, 7) is 0. The van der Waals surface area contributed by atoms with Crippen molar-refractivity contribution in [2.24, 2.45) is 0 Å². The van der Waals surface area contributed by atoms with Crippen molar-refractivity contribution in [3.8, 4) is 0 Å². The smallest absolute Gasteiger partial charge is 0.251 e. The van der Waals surface area contributed by atoms with Crippen LogP contribution in [-0.4, -0.2) is 23.5 Å². The van der Waals surface area contributed by atoms with E-state index >= 15 is 0 Å². The maximum atomic E-state index is 11.9. The van der Waals surface area contributed by atoms with Crippen molar-refractivity contribution in [2.75, 3.05) is 11.5 Å². The second-order valence-electron chi connectivity index (χ2n) is 3.93. The number of thiol groups is 1. The molecule has 1 atom stereocenters. The molecule has 0 spiro atoms. The molecule has 1 saturated heterocycles. The normalized spacial score (nSPS) is 20.4. The molecule has 1 aromatic rings. The quantitative estimate of drug-likeness (QED) is 0.793. The van der Waals surface area contributed by atoms with Gasteiger partial charge in [0.1, 0.15) is 0 Å². The average Bonchev–Trinajstić information content (AvgIpc) is 2.31. The van der Waals surface area contributed by atoms with Gasteiger partial charge in [-0.1, -0.05) is 0 Å². The summed E-state index contributed by atoms with van der Waals surface area (Å²) in [5.41, 5.74) is 0.716. The summed E-state index contributed by atoms with van der Waals surface area (Å²) in [5.74, 6) is 2.29.